The Hall–Kier alpha value is -2.56. The average Bonchev–Trinajstić information content (AvgIpc) is 2.92. The lowest BCUT2D eigenvalue weighted by Gasteiger charge is -2.35. The number of carbonyl (C=O) groups is 1. The van der Waals surface area contributed by atoms with Crippen LogP contribution in [0.15, 0.2) is 77.7 Å². The van der Waals surface area contributed by atoms with Gasteiger partial charge in [0.15, 0.2) is 0 Å². The van der Waals surface area contributed by atoms with Gasteiger partial charge in [-0.3, -0.25) is 4.79 Å². The quantitative estimate of drug-likeness (QED) is 0.237. The van der Waals surface area contributed by atoms with Crippen LogP contribution in [0, 0.1) is 0 Å². The topological polar surface area (TPSA) is 32.3 Å². The van der Waals surface area contributed by atoms with Crippen LogP contribution in [-0.2, 0) is 12.8 Å². The van der Waals surface area contributed by atoms with Crippen molar-refractivity contribution in [3.8, 4) is 11.1 Å². The number of aryl methyl sites for hydroxylation is 1. The van der Waals surface area contributed by atoms with Crippen molar-refractivity contribution >= 4 is 17.7 Å². The molecule has 3 aromatic carbocycles. The van der Waals surface area contributed by atoms with Crippen LogP contribution in [0.2, 0.25) is 0 Å². The van der Waals surface area contributed by atoms with Gasteiger partial charge in [0.25, 0.3) is 5.91 Å². The molecule has 0 bridgehead atoms. The number of carbonyl (C=O) groups excluding carboxylic acids is 1. The number of benzene rings is 3. The van der Waals surface area contributed by atoms with Crippen LogP contribution in [0.4, 0.5) is 0 Å². The summed E-state index contributed by atoms with van der Waals surface area (Å²) in [5.41, 5.74) is 6.10. The van der Waals surface area contributed by atoms with Crippen LogP contribution in [-0.4, -0.2) is 42.7 Å². The molecule has 1 aliphatic rings. The smallest absolute Gasteiger partial charge is 0.251 e. The van der Waals surface area contributed by atoms with Gasteiger partial charge < -0.3 is 10.2 Å². The highest BCUT2D eigenvalue weighted by molar-refractivity contribution is 7.98. The van der Waals surface area contributed by atoms with Crippen LogP contribution < -0.4 is 5.32 Å². The molecule has 4 heteroatoms. The largest absolute Gasteiger partial charge is 0.352 e. The van der Waals surface area contributed by atoms with Crippen LogP contribution in [0.1, 0.15) is 54.1 Å². The molecule has 1 aliphatic carbocycles. The third-order valence-electron chi connectivity index (χ3n) is 7.05. The number of amides is 1. The van der Waals surface area contributed by atoms with E-state index in [1.54, 1.807) is 5.56 Å². The normalized spacial score (nSPS) is 15.1. The van der Waals surface area contributed by atoms with E-state index in [1.807, 2.05) is 54.2 Å². The molecule has 3 nitrogen and oxygen atoms in total. The lowest BCUT2D eigenvalue weighted by Crippen LogP contribution is -2.40. The summed E-state index contributed by atoms with van der Waals surface area (Å²) >= 11 is 1.83. The Kier molecular flexibility index (Phi) is 9.44. The molecule has 1 unspecified atom stereocenters. The molecule has 0 aliphatic heterocycles. The summed E-state index contributed by atoms with van der Waals surface area (Å²) in [4.78, 5) is 16.7. The molecule has 0 saturated carbocycles. The maximum absolute atomic E-state index is 12.6. The van der Waals surface area contributed by atoms with Gasteiger partial charge in [-0.15, -0.1) is 11.8 Å². The molecule has 0 fully saturated rings. The minimum absolute atomic E-state index is 0.0171. The highest BCUT2D eigenvalue weighted by atomic mass is 32.2. The molecular formula is C31H38N2OS. The van der Waals surface area contributed by atoms with E-state index in [1.165, 1.54) is 41.7 Å². The van der Waals surface area contributed by atoms with E-state index in [2.05, 4.69) is 53.7 Å². The standard InChI is InChI=1S/C31H38N2OS/c1-3-20-33(29-17-15-26-16-18-30(35-2)23-28(26)22-29)21-8-7-19-32-31(34)27-13-11-25(12-14-27)24-9-5-4-6-10-24/h4-6,9-14,16,18,23,29H,3,7-8,15,17,19-22H2,1-2H3,(H,32,34). The number of unbranched alkanes of at least 4 members (excludes halogenated alkanes) is 1. The van der Waals surface area contributed by atoms with E-state index in [4.69, 9.17) is 0 Å². The van der Waals surface area contributed by atoms with E-state index < -0.39 is 0 Å². The van der Waals surface area contributed by atoms with Gasteiger partial charge in [0.05, 0.1) is 0 Å². The van der Waals surface area contributed by atoms with Crippen molar-refractivity contribution in [2.75, 3.05) is 25.9 Å². The Bertz CT molecular complexity index is 1080. The molecule has 0 aromatic heterocycles. The predicted molar refractivity (Wildman–Crippen MR) is 149 cm³/mol. The zero-order chi connectivity index (χ0) is 24.5. The third-order valence-corrected chi connectivity index (χ3v) is 7.78. The Balaban J connectivity index is 1.22. The summed E-state index contributed by atoms with van der Waals surface area (Å²) in [6.07, 6.45) is 9.07. The van der Waals surface area contributed by atoms with Crippen molar-refractivity contribution in [1.29, 1.82) is 0 Å². The fourth-order valence-electron chi connectivity index (χ4n) is 5.11. The first-order valence-corrected chi connectivity index (χ1v) is 14.2. The van der Waals surface area contributed by atoms with Gasteiger partial charge in [0.2, 0.25) is 0 Å². The average molecular weight is 487 g/mol. The highest BCUT2D eigenvalue weighted by Gasteiger charge is 2.23. The molecule has 1 atom stereocenters. The molecule has 1 N–H and O–H groups in total. The monoisotopic (exact) mass is 486 g/mol. The highest BCUT2D eigenvalue weighted by Crippen LogP contribution is 2.28. The Morgan fingerprint density at radius 3 is 2.46 bits per heavy atom. The first-order valence-electron chi connectivity index (χ1n) is 13.0. The zero-order valence-corrected chi connectivity index (χ0v) is 21.9. The number of nitrogens with one attached hydrogen (secondary N) is 1. The number of rotatable bonds is 11. The lowest BCUT2D eigenvalue weighted by molar-refractivity contribution is 0.0952. The van der Waals surface area contributed by atoms with Crippen LogP contribution in [0.25, 0.3) is 11.1 Å². The van der Waals surface area contributed by atoms with Gasteiger partial charge in [-0.05, 0) is 104 Å². The van der Waals surface area contributed by atoms with Crippen LogP contribution >= 0.6 is 11.8 Å². The molecule has 0 radical (unpaired) electrons. The van der Waals surface area contributed by atoms with Gasteiger partial charge in [0.1, 0.15) is 0 Å². The Morgan fingerprint density at radius 2 is 1.71 bits per heavy atom. The number of hydrogen-bond donors (Lipinski definition) is 1. The van der Waals surface area contributed by atoms with Crippen molar-refractivity contribution in [3.05, 3.63) is 89.5 Å². The van der Waals surface area contributed by atoms with E-state index in [0.29, 0.717) is 6.04 Å². The second-order valence-electron chi connectivity index (χ2n) is 9.47. The van der Waals surface area contributed by atoms with Crippen molar-refractivity contribution in [3.63, 3.8) is 0 Å². The fraction of sp³-hybridized carbons (Fsp3) is 0.387. The molecule has 3 aromatic rings. The maximum Gasteiger partial charge on any atom is 0.251 e. The van der Waals surface area contributed by atoms with E-state index in [-0.39, 0.29) is 5.91 Å². The summed E-state index contributed by atoms with van der Waals surface area (Å²) in [6.45, 7) is 5.27. The van der Waals surface area contributed by atoms with E-state index in [9.17, 15) is 4.79 Å². The second-order valence-corrected chi connectivity index (χ2v) is 10.4. The summed E-state index contributed by atoms with van der Waals surface area (Å²) in [5, 5.41) is 3.11. The molecule has 1 amide bonds. The van der Waals surface area contributed by atoms with E-state index >= 15 is 0 Å². The van der Waals surface area contributed by atoms with Gasteiger partial charge in [-0.1, -0.05) is 55.5 Å². The molecule has 35 heavy (non-hydrogen) atoms. The minimum Gasteiger partial charge on any atom is -0.352 e. The fourth-order valence-corrected chi connectivity index (χ4v) is 5.57. The maximum atomic E-state index is 12.6. The molecule has 0 heterocycles. The number of fused-ring (bicyclic) bond motifs is 1. The van der Waals surface area contributed by atoms with E-state index in [0.717, 1.165) is 43.6 Å². The Morgan fingerprint density at radius 1 is 0.943 bits per heavy atom. The summed E-state index contributed by atoms with van der Waals surface area (Å²) in [7, 11) is 0. The first-order chi connectivity index (χ1) is 17.2. The minimum atomic E-state index is 0.0171. The summed E-state index contributed by atoms with van der Waals surface area (Å²) < 4.78 is 0. The molecule has 4 rings (SSSR count). The molecule has 184 valence electrons. The molecule has 0 saturated heterocycles. The third kappa shape index (κ3) is 6.99. The number of thioether (sulfide) groups is 1. The van der Waals surface area contributed by atoms with Crippen LogP contribution in [0.5, 0.6) is 0 Å². The predicted octanol–water partition coefficient (Wildman–Crippen LogP) is 6.86. The second kappa shape index (κ2) is 12.9. The number of hydrogen-bond acceptors (Lipinski definition) is 3. The van der Waals surface area contributed by atoms with Crippen molar-refractivity contribution in [2.24, 2.45) is 0 Å². The van der Waals surface area contributed by atoms with Gasteiger partial charge in [-0.25, -0.2) is 0 Å². The molecule has 0 spiro atoms. The number of nitrogens with zero attached hydrogens (tertiary/aromatic N) is 1. The van der Waals surface area contributed by atoms with Crippen LogP contribution in [0.3, 0.4) is 0 Å². The summed E-state index contributed by atoms with van der Waals surface area (Å²) in [5.74, 6) is 0.0171. The van der Waals surface area contributed by atoms with Gasteiger partial charge >= 0.3 is 0 Å². The SMILES string of the molecule is CCCN(CCCCNC(=O)c1ccc(-c2ccccc2)cc1)C1CCc2ccc(SC)cc2C1. The van der Waals surface area contributed by atoms with Crippen molar-refractivity contribution in [2.45, 2.75) is 56.4 Å². The van der Waals surface area contributed by atoms with Gasteiger partial charge in [0, 0.05) is 23.0 Å². The van der Waals surface area contributed by atoms with Crippen molar-refractivity contribution < 1.29 is 4.79 Å². The zero-order valence-electron chi connectivity index (χ0n) is 21.1. The van der Waals surface area contributed by atoms with Gasteiger partial charge in [-0.2, -0.15) is 0 Å². The summed E-state index contributed by atoms with van der Waals surface area (Å²) in [6, 6.07) is 25.8. The first kappa shape index (κ1) is 25.5. The Labute approximate surface area is 215 Å². The molecular weight excluding hydrogens is 448 g/mol. The van der Waals surface area contributed by atoms with Crippen molar-refractivity contribution in [1.82, 2.24) is 10.2 Å². The lowest BCUT2D eigenvalue weighted by atomic mass is 9.87.